The molecule has 0 aromatic heterocycles. The SMILES string of the molecule is CC(C)(C)OC(=O)N[C@@H](C[C@H](Cc1ccc(O[C@H]2CO[C@H](c3ccccc3)OC2)cc1)C(=O)O)C(=O)O. The van der Waals surface area contributed by atoms with E-state index < -0.39 is 41.9 Å². The van der Waals surface area contributed by atoms with Gasteiger partial charge >= 0.3 is 18.0 Å². The zero-order valence-electron chi connectivity index (χ0n) is 21.1. The highest BCUT2D eigenvalue weighted by molar-refractivity contribution is 5.81. The molecule has 0 radical (unpaired) electrons. The first-order valence-electron chi connectivity index (χ1n) is 12.0. The van der Waals surface area contributed by atoms with Crippen LogP contribution in [-0.4, -0.2) is 59.2 Å². The van der Waals surface area contributed by atoms with Crippen molar-refractivity contribution in [3.8, 4) is 5.75 Å². The van der Waals surface area contributed by atoms with Crippen LogP contribution in [0.25, 0.3) is 0 Å². The van der Waals surface area contributed by atoms with E-state index in [0.29, 0.717) is 24.5 Å². The van der Waals surface area contributed by atoms with E-state index in [4.69, 9.17) is 18.9 Å². The number of hydrogen-bond acceptors (Lipinski definition) is 7. The summed E-state index contributed by atoms with van der Waals surface area (Å²) in [5, 5.41) is 21.4. The van der Waals surface area contributed by atoms with E-state index >= 15 is 0 Å². The lowest BCUT2D eigenvalue weighted by Gasteiger charge is -2.30. The molecule has 2 aromatic carbocycles. The average Bonchev–Trinajstić information content (AvgIpc) is 2.84. The van der Waals surface area contributed by atoms with Crippen molar-refractivity contribution in [3.05, 3.63) is 65.7 Å². The van der Waals surface area contributed by atoms with Crippen molar-refractivity contribution in [3.63, 3.8) is 0 Å². The summed E-state index contributed by atoms with van der Waals surface area (Å²) in [6.45, 7) is 5.63. The Kier molecular flexibility index (Phi) is 9.48. The molecule has 1 aliphatic heterocycles. The molecular formula is C27H33NO9. The summed E-state index contributed by atoms with van der Waals surface area (Å²) >= 11 is 0. The molecule has 37 heavy (non-hydrogen) atoms. The molecule has 1 saturated heterocycles. The molecule has 1 aliphatic rings. The summed E-state index contributed by atoms with van der Waals surface area (Å²) in [7, 11) is 0. The number of rotatable bonds is 10. The Morgan fingerprint density at radius 1 is 0.973 bits per heavy atom. The Bertz CT molecular complexity index is 1040. The minimum atomic E-state index is -1.41. The highest BCUT2D eigenvalue weighted by Gasteiger charge is 2.30. The van der Waals surface area contributed by atoms with Gasteiger partial charge in [0.05, 0.1) is 19.1 Å². The van der Waals surface area contributed by atoms with E-state index in [-0.39, 0.29) is 18.9 Å². The molecule has 3 rings (SSSR count). The monoisotopic (exact) mass is 515 g/mol. The minimum absolute atomic E-state index is 0.0732. The lowest BCUT2D eigenvalue weighted by molar-refractivity contribution is -0.215. The first-order chi connectivity index (χ1) is 17.5. The zero-order valence-corrected chi connectivity index (χ0v) is 21.1. The molecule has 0 aliphatic carbocycles. The summed E-state index contributed by atoms with van der Waals surface area (Å²) < 4.78 is 22.5. The minimum Gasteiger partial charge on any atom is -0.486 e. The Hall–Kier alpha value is -3.63. The molecule has 0 saturated carbocycles. The molecule has 10 nitrogen and oxygen atoms in total. The van der Waals surface area contributed by atoms with Crippen molar-refractivity contribution >= 4 is 18.0 Å². The number of hydrogen-bond donors (Lipinski definition) is 3. The summed E-state index contributed by atoms with van der Waals surface area (Å²) in [6, 6.07) is 15.1. The van der Waals surface area contributed by atoms with E-state index in [2.05, 4.69) is 5.32 Å². The second-order valence-electron chi connectivity index (χ2n) is 9.81. The van der Waals surface area contributed by atoms with Gasteiger partial charge < -0.3 is 34.5 Å². The number of nitrogens with one attached hydrogen (secondary N) is 1. The van der Waals surface area contributed by atoms with Crippen molar-refractivity contribution in [1.29, 1.82) is 0 Å². The van der Waals surface area contributed by atoms with Gasteiger partial charge in [0.25, 0.3) is 0 Å². The molecule has 10 heteroatoms. The van der Waals surface area contributed by atoms with Crippen molar-refractivity contribution < 1.29 is 43.5 Å². The van der Waals surface area contributed by atoms with Crippen molar-refractivity contribution in [2.75, 3.05) is 13.2 Å². The molecule has 1 heterocycles. The van der Waals surface area contributed by atoms with E-state index in [0.717, 1.165) is 5.56 Å². The summed E-state index contributed by atoms with van der Waals surface area (Å²) in [5.74, 6) is -2.98. The van der Waals surface area contributed by atoms with E-state index in [1.807, 2.05) is 30.3 Å². The third-order valence-electron chi connectivity index (χ3n) is 5.51. The van der Waals surface area contributed by atoms with Crippen LogP contribution in [0.3, 0.4) is 0 Å². The zero-order chi connectivity index (χ0) is 27.0. The van der Waals surface area contributed by atoms with E-state index in [1.165, 1.54) is 0 Å². The molecule has 0 unspecified atom stereocenters. The summed E-state index contributed by atoms with van der Waals surface area (Å²) in [4.78, 5) is 35.5. The van der Waals surface area contributed by atoms with Gasteiger partial charge in [-0.05, 0) is 51.3 Å². The third-order valence-corrected chi connectivity index (χ3v) is 5.51. The van der Waals surface area contributed by atoms with Crippen LogP contribution in [-0.2, 0) is 30.2 Å². The van der Waals surface area contributed by atoms with Crippen LogP contribution in [0.2, 0.25) is 0 Å². The Morgan fingerprint density at radius 3 is 2.14 bits per heavy atom. The van der Waals surface area contributed by atoms with Gasteiger partial charge in [0.15, 0.2) is 6.29 Å². The molecule has 2 aromatic rings. The van der Waals surface area contributed by atoms with Crippen LogP contribution in [0.1, 0.15) is 44.6 Å². The lowest BCUT2D eigenvalue weighted by Crippen LogP contribution is -2.45. The van der Waals surface area contributed by atoms with Gasteiger partial charge in [0.2, 0.25) is 0 Å². The number of carbonyl (C=O) groups excluding carboxylic acids is 1. The van der Waals surface area contributed by atoms with Gasteiger partial charge in [-0.25, -0.2) is 9.59 Å². The number of carbonyl (C=O) groups is 3. The third kappa shape index (κ3) is 9.07. The second kappa shape index (κ2) is 12.6. The van der Waals surface area contributed by atoms with E-state index in [9.17, 15) is 24.6 Å². The Morgan fingerprint density at radius 2 is 1.59 bits per heavy atom. The fraction of sp³-hybridized carbons (Fsp3) is 0.444. The first kappa shape index (κ1) is 27.9. The van der Waals surface area contributed by atoms with Gasteiger partial charge in [-0.15, -0.1) is 0 Å². The molecule has 0 bridgehead atoms. The largest absolute Gasteiger partial charge is 0.486 e. The van der Waals surface area contributed by atoms with Gasteiger partial charge in [0, 0.05) is 5.56 Å². The van der Waals surface area contributed by atoms with Crippen molar-refractivity contribution in [2.24, 2.45) is 5.92 Å². The number of ether oxygens (including phenoxy) is 4. The molecule has 2 atom stereocenters. The highest BCUT2D eigenvalue weighted by atomic mass is 16.7. The quantitative estimate of drug-likeness (QED) is 0.431. The maximum absolute atomic E-state index is 12.0. The Balaban J connectivity index is 1.53. The topological polar surface area (TPSA) is 141 Å². The van der Waals surface area contributed by atoms with Crippen LogP contribution in [0.15, 0.2) is 54.6 Å². The highest BCUT2D eigenvalue weighted by Crippen LogP contribution is 2.25. The fourth-order valence-electron chi connectivity index (χ4n) is 3.76. The van der Waals surface area contributed by atoms with Gasteiger partial charge in [-0.2, -0.15) is 0 Å². The van der Waals surface area contributed by atoms with Crippen LogP contribution in [0, 0.1) is 5.92 Å². The van der Waals surface area contributed by atoms with Crippen molar-refractivity contribution in [1.82, 2.24) is 5.32 Å². The molecule has 3 N–H and O–H groups in total. The maximum atomic E-state index is 12.0. The summed E-state index contributed by atoms with van der Waals surface area (Å²) in [5.41, 5.74) is 0.800. The number of benzene rings is 2. The Labute approximate surface area is 215 Å². The molecule has 1 fully saturated rings. The van der Waals surface area contributed by atoms with Gasteiger partial charge in [-0.1, -0.05) is 42.5 Å². The standard InChI is InChI=1S/C27H33NO9/c1-27(2,3)37-26(33)28-22(24(31)32)14-19(23(29)30)13-17-9-11-20(12-10-17)36-21-15-34-25(35-16-21)18-7-5-4-6-8-18/h4-12,19,21-22,25H,13-16H2,1-3H3,(H,28,33)(H,29,30)(H,31,32)/t19-,21-,22-,25-/m0/s1. The molecule has 1 amide bonds. The number of carboxylic acid groups (broad SMARTS) is 2. The second-order valence-corrected chi connectivity index (χ2v) is 9.81. The van der Waals surface area contributed by atoms with E-state index in [1.54, 1.807) is 45.0 Å². The average molecular weight is 516 g/mol. The molecule has 200 valence electrons. The van der Waals surface area contributed by atoms with Crippen molar-refractivity contribution in [2.45, 2.75) is 57.6 Å². The number of aliphatic carboxylic acids is 2. The smallest absolute Gasteiger partial charge is 0.408 e. The van der Waals surface area contributed by atoms with Crippen LogP contribution in [0.5, 0.6) is 5.75 Å². The normalized spacial score (nSPS) is 19.3. The van der Waals surface area contributed by atoms with Crippen LogP contribution >= 0.6 is 0 Å². The fourth-order valence-corrected chi connectivity index (χ4v) is 3.76. The number of amides is 1. The molecule has 0 spiro atoms. The van der Waals surface area contributed by atoms with Crippen LogP contribution < -0.4 is 10.1 Å². The van der Waals surface area contributed by atoms with Crippen LogP contribution in [0.4, 0.5) is 4.79 Å². The van der Waals surface area contributed by atoms with Gasteiger partial charge in [0.1, 0.15) is 23.5 Å². The summed E-state index contributed by atoms with van der Waals surface area (Å²) in [6.07, 6.45) is -1.88. The lowest BCUT2D eigenvalue weighted by atomic mass is 9.92. The number of carboxylic acids is 2. The first-order valence-corrected chi connectivity index (χ1v) is 12.0. The number of alkyl carbamates (subject to hydrolysis) is 1. The predicted octanol–water partition coefficient (Wildman–Crippen LogP) is 3.79. The van der Waals surface area contributed by atoms with Gasteiger partial charge in [-0.3, -0.25) is 4.79 Å². The maximum Gasteiger partial charge on any atom is 0.408 e. The predicted molar refractivity (Wildman–Crippen MR) is 132 cm³/mol. The molecular weight excluding hydrogens is 482 g/mol.